The predicted molar refractivity (Wildman–Crippen MR) is 80.9 cm³/mol. The second-order valence-corrected chi connectivity index (χ2v) is 4.40. The number of nitrogens with one attached hydrogen (secondary N) is 2. The van der Waals surface area contributed by atoms with E-state index in [0.717, 1.165) is 17.9 Å². The zero-order chi connectivity index (χ0) is 15.1. The van der Waals surface area contributed by atoms with Crippen molar-refractivity contribution in [3.05, 3.63) is 42.4 Å². The molecule has 0 aliphatic rings. The smallest absolute Gasteiger partial charge is 0.270 e. The fourth-order valence-electron chi connectivity index (χ4n) is 1.70. The molecule has 1 heterocycles. The van der Waals surface area contributed by atoms with Gasteiger partial charge in [0.25, 0.3) is 5.91 Å². The van der Waals surface area contributed by atoms with Crippen molar-refractivity contribution >= 4 is 17.4 Å². The van der Waals surface area contributed by atoms with Crippen LogP contribution in [0.1, 0.15) is 23.8 Å². The summed E-state index contributed by atoms with van der Waals surface area (Å²) in [7, 11) is 1.62. The first-order valence-corrected chi connectivity index (χ1v) is 6.74. The number of aromatic nitrogens is 2. The topological polar surface area (TPSA) is 76.1 Å². The maximum absolute atomic E-state index is 11.8. The lowest BCUT2D eigenvalue weighted by Crippen LogP contribution is -2.25. The molecule has 6 nitrogen and oxygen atoms in total. The van der Waals surface area contributed by atoms with Crippen molar-refractivity contribution in [2.24, 2.45) is 0 Å². The quantitative estimate of drug-likeness (QED) is 0.852. The van der Waals surface area contributed by atoms with Gasteiger partial charge in [0.15, 0.2) is 0 Å². The molecule has 1 aromatic carbocycles. The molecule has 0 aliphatic heterocycles. The Hall–Kier alpha value is -2.63. The van der Waals surface area contributed by atoms with E-state index in [1.807, 2.05) is 31.2 Å². The minimum atomic E-state index is -0.197. The molecular formula is C15H18N4O2. The van der Waals surface area contributed by atoms with Gasteiger partial charge >= 0.3 is 0 Å². The zero-order valence-electron chi connectivity index (χ0n) is 12.1. The van der Waals surface area contributed by atoms with E-state index in [-0.39, 0.29) is 5.91 Å². The van der Waals surface area contributed by atoms with Gasteiger partial charge < -0.3 is 15.4 Å². The van der Waals surface area contributed by atoms with E-state index in [2.05, 4.69) is 20.6 Å². The first kappa shape index (κ1) is 14.8. The second-order valence-electron chi connectivity index (χ2n) is 4.40. The van der Waals surface area contributed by atoms with Crippen molar-refractivity contribution in [3.63, 3.8) is 0 Å². The largest absolute Gasteiger partial charge is 0.497 e. The van der Waals surface area contributed by atoms with Crippen molar-refractivity contribution in [3.8, 4) is 5.75 Å². The van der Waals surface area contributed by atoms with Crippen LogP contribution in [0.5, 0.6) is 5.75 Å². The van der Waals surface area contributed by atoms with Gasteiger partial charge in [0.05, 0.1) is 7.11 Å². The third-order valence-corrected chi connectivity index (χ3v) is 2.80. The summed E-state index contributed by atoms with van der Waals surface area (Å²) in [5.74, 6) is 1.15. The number of ether oxygens (including phenoxy) is 1. The van der Waals surface area contributed by atoms with E-state index in [0.29, 0.717) is 18.1 Å². The maximum atomic E-state index is 11.8. The molecule has 0 aliphatic carbocycles. The van der Waals surface area contributed by atoms with E-state index in [1.54, 1.807) is 13.2 Å². The van der Waals surface area contributed by atoms with Crippen molar-refractivity contribution in [2.45, 2.75) is 13.3 Å². The molecular weight excluding hydrogens is 268 g/mol. The van der Waals surface area contributed by atoms with E-state index in [9.17, 15) is 4.79 Å². The summed E-state index contributed by atoms with van der Waals surface area (Å²) in [6.45, 7) is 2.63. The Morgan fingerprint density at radius 2 is 2.00 bits per heavy atom. The van der Waals surface area contributed by atoms with Crippen LogP contribution in [-0.2, 0) is 0 Å². The van der Waals surface area contributed by atoms with Gasteiger partial charge in [-0.1, -0.05) is 6.92 Å². The molecule has 1 amide bonds. The fourth-order valence-corrected chi connectivity index (χ4v) is 1.70. The van der Waals surface area contributed by atoms with Crippen LogP contribution in [0.4, 0.5) is 11.5 Å². The first-order chi connectivity index (χ1) is 10.2. The molecule has 110 valence electrons. The van der Waals surface area contributed by atoms with Crippen molar-refractivity contribution in [1.29, 1.82) is 0 Å². The number of rotatable bonds is 6. The first-order valence-electron chi connectivity index (χ1n) is 6.74. The molecule has 21 heavy (non-hydrogen) atoms. The van der Waals surface area contributed by atoms with Crippen LogP contribution >= 0.6 is 0 Å². The lowest BCUT2D eigenvalue weighted by atomic mass is 10.3. The average Bonchev–Trinajstić information content (AvgIpc) is 2.53. The van der Waals surface area contributed by atoms with Crippen LogP contribution < -0.4 is 15.4 Å². The molecule has 2 N–H and O–H groups in total. The van der Waals surface area contributed by atoms with E-state index < -0.39 is 0 Å². The Morgan fingerprint density at radius 1 is 1.24 bits per heavy atom. The number of amides is 1. The van der Waals surface area contributed by atoms with Gasteiger partial charge in [0.1, 0.15) is 23.6 Å². The minimum Gasteiger partial charge on any atom is -0.497 e. The highest BCUT2D eigenvalue weighted by Crippen LogP contribution is 2.18. The van der Waals surface area contributed by atoms with Crippen LogP contribution in [0.15, 0.2) is 36.7 Å². The number of methoxy groups -OCH3 is 1. The molecule has 0 spiro atoms. The maximum Gasteiger partial charge on any atom is 0.270 e. The predicted octanol–water partition coefficient (Wildman–Crippen LogP) is 2.37. The van der Waals surface area contributed by atoms with Gasteiger partial charge in [-0.05, 0) is 30.7 Å². The highest BCUT2D eigenvalue weighted by atomic mass is 16.5. The van der Waals surface area contributed by atoms with Gasteiger partial charge in [-0.15, -0.1) is 0 Å². The summed E-state index contributed by atoms with van der Waals surface area (Å²) < 4.78 is 5.10. The number of benzene rings is 1. The molecule has 0 unspecified atom stereocenters. The Kier molecular flexibility index (Phi) is 5.09. The molecule has 0 saturated heterocycles. The Balaban J connectivity index is 2.07. The SMILES string of the molecule is CCCNC(=O)c1cc(Nc2ccc(OC)cc2)ncn1. The minimum absolute atomic E-state index is 0.197. The van der Waals surface area contributed by atoms with Gasteiger partial charge in [0, 0.05) is 18.3 Å². The molecule has 1 aromatic heterocycles. The highest BCUT2D eigenvalue weighted by molar-refractivity contribution is 5.92. The molecule has 0 fully saturated rings. The van der Waals surface area contributed by atoms with Gasteiger partial charge in [-0.2, -0.15) is 0 Å². The summed E-state index contributed by atoms with van der Waals surface area (Å²) in [5.41, 5.74) is 1.20. The molecule has 0 saturated carbocycles. The van der Waals surface area contributed by atoms with Crippen LogP contribution in [0.3, 0.4) is 0 Å². The second kappa shape index (κ2) is 7.23. The number of hydrogen-bond acceptors (Lipinski definition) is 5. The number of carbonyl (C=O) groups excluding carboxylic acids is 1. The molecule has 2 aromatic rings. The molecule has 6 heteroatoms. The number of anilines is 2. The summed E-state index contributed by atoms with van der Waals surface area (Å²) in [5, 5.41) is 5.90. The number of nitrogens with zero attached hydrogens (tertiary/aromatic N) is 2. The van der Waals surface area contributed by atoms with Crippen LogP contribution in [0.2, 0.25) is 0 Å². The standard InChI is InChI=1S/C15H18N4O2/c1-3-8-16-15(20)13-9-14(18-10-17-13)19-11-4-6-12(21-2)7-5-11/h4-7,9-10H,3,8H2,1-2H3,(H,16,20)(H,17,18,19). The summed E-state index contributed by atoms with van der Waals surface area (Å²) >= 11 is 0. The van der Waals surface area contributed by atoms with Gasteiger partial charge in [-0.25, -0.2) is 9.97 Å². The third kappa shape index (κ3) is 4.17. The molecule has 0 radical (unpaired) electrons. The normalized spacial score (nSPS) is 10.0. The Bertz CT molecular complexity index is 599. The van der Waals surface area contributed by atoms with Crippen molar-refractivity contribution in [1.82, 2.24) is 15.3 Å². The van der Waals surface area contributed by atoms with Crippen LogP contribution in [0.25, 0.3) is 0 Å². The van der Waals surface area contributed by atoms with Crippen molar-refractivity contribution < 1.29 is 9.53 Å². The van der Waals surface area contributed by atoms with E-state index in [4.69, 9.17) is 4.74 Å². The average molecular weight is 286 g/mol. The monoisotopic (exact) mass is 286 g/mol. The zero-order valence-corrected chi connectivity index (χ0v) is 12.1. The van der Waals surface area contributed by atoms with Crippen LogP contribution in [-0.4, -0.2) is 29.5 Å². The van der Waals surface area contributed by atoms with E-state index >= 15 is 0 Å². The third-order valence-electron chi connectivity index (χ3n) is 2.80. The summed E-state index contributed by atoms with van der Waals surface area (Å²) in [6, 6.07) is 9.06. The summed E-state index contributed by atoms with van der Waals surface area (Å²) in [6.07, 6.45) is 2.25. The van der Waals surface area contributed by atoms with E-state index in [1.165, 1.54) is 6.33 Å². The fraction of sp³-hybridized carbons (Fsp3) is 0.267. The number of carbonyl (C=O) groups is 1. The Morgan fingerprint density at radius 3 is 2.67 bits per heavy atom. The van der Waals surface area contributed by atoms with Gasteiger partial charge in [-0.3, -0.25) is 4.79 Å². The molecule has 0 bridgehead atoms. The molecule has 2 rings (SSSR count). The highest BCUT2D eigenvalue weighted by Gasteiger charge is 2.07. The van der Waals surface area contributed by atoms with Crippen molar-refractivity contribution in [2.75, 3.05) is 19.0 Å². The van der Waals surface area contributed by atoms with Crippen LogP contribution in [0, 0.1) is 0 Å². The number of hydrogen-bond donors (Lipinski definition) is 2. The Labute approximate surface area is 123 Å². The summed E-state index contributed by atoms with van der Waals surface area (Å²) in [4.78, 5) is 19.9. The lowest BCUT2D eigenvalue weighted by molar-refractivity contribution is 0.0948. The lowest BCUT2D eigenvalue weighted by Gasteiger charge is -2.08. The molecule has 0 atom stereocenters. The van der Waals surface area contributed by atoms with Gasteiger partial charge in [0.2, 0.25) is 0 Å².